The van der Waals surface area contributed by atoms with E-state index in [4.69, 9.17) is 0 Å². The molecule has 0 aromatic carbocycles. The van der Waals surface area contributed by atoms with E-state index in [0.717, 1.165) is 6.26 Å². The van der Waals surface area contributed by atoms with Crippen molar-refractivity contribution in [1.82, 2.24) is 4.98 Å². The van der Waals surface area contributed by atoms with Crippen LogP contribution in [-0.4, -0.2) is 19.7 Å². The molecule has 4 heteroatoms. The van der Waals surface area contributed by atoms with Crippen LogP contribution in [-0.2, 0) is 9.84 Å². The van der Waals surface area contributed by atoms with Crippen LogP contribution in [0.25, 0.3) is 4.91 Å². The lowest BCUT2D eigenvalue weighted by Gasteiger charge is -2.00. The van der Waals surface area contributed by atoms with Gasteiger partial charge in [-0.05, 0) is 12.1 Å². The fourth-order valence-corrected chi connectivity index (χ4v) is 1.22. The number of nitrogens with zero attached hydrogens (tertiary/aromatic N) is 1. The second-order valence-electron chi connectivity index (χ2n) is 2.41. The summed E-state index contributed by atoms with van der Waals surface area (Å²) in [6.45, 7) is 3.45. The Morgan fingerprint density at radius 3 is 2.58 bits per heavy atom. The number of hydrogen-bond donors (Lipinski definition) is 0. The summed E-state index contributed by atoms with van der Waals surface area (Å²) in [4.78, 5) is 3.92. The van der Waals surface area contributed by atoms with Gasteiger partial charge in [0.2, 0.25) is 0 Å². The average molecular weight is 183 g/mol. The van der Waals surface area contributed by atoms with Gasteiger partial charge in [-0.1, -0.05) is 12.6 Å². The summed E-state index contributed by atoms with van der Waals surface area (Å²) in [6.07, 6.45) is 2.65. The molecule has 0 fully saturated rings. The van der Waals surface area contributed by atoms with Crippen LogP contribution in [0, 0.1) is 0 Å². The van der Waals surface area contributed by atoms with Crippen molar-refractivity contribution < 1.29 is 8.42 Å². The number of pyridine rings is 1. The highest BCUT2D eigenvalue weighted by molar-refractivity contribution is 7.99. The van der Waals surface area contributed by atoms with Crippen LogP contribution in [0.2, 0.25) is 0 Å². The fraction of sp³-hybridized carbons (Fsp3) is 0.125. The predicted octanol–water partition coefficient (Wildman–Crippen LogP) is 1.10. The Bertz CT molecular complexity index is 381. The zero-order chi connectivity index (χ0) is 9.19. The van der Waals surface area contributed by atoms with Gasteiger partial charge in [-0.25, -0.2) is 8.42 Å². The van der Waals surface area contributed by atoms with Crippen LogP contribution in [0.1, 0.15) is 5.69 Å². The lowest BCUT2D eigenvalue weighted by molar-refractivity contribution is 0.611. The predicted molar refractivity (Wildman–Crippen MR) is 48.1 cm³/mol. The summed E-state index contributed by atoms with van der Waals surface area (Å²) in [5, 5.41) is 0. The molecule has 0 atom stereocenters. The lowest BCUT2D eigenvalue weighted by Crippen LogP contribution is -1.99. The molecule has 0 amide bonds. The smallest absolute Gasteiger partial charge is 0.177 e. The second-order valence-corrected chi connectivity index (χ2v) is 4.45. The first-order valence-corrected chi connectivity index (χ1v) is 5.21. The van der Waals surface area contributed by atoms with Crippen LogP contribution in [0.5, 0.6) is 0 Å². The molecule has 64 valence electrons. The van der Waals surface area contributed by atoms with Crippen molar-refractivity contribution >= 4 is 14.7 Å². The molecule has 0 aliphatic heterocycles. The molecule has 0 unspecified atom stereocenters. The van der Waals surface area contributed by atoms with E-state index < -0.39 is 9.84 Å². The maximum atomic E-state index is 11.0. The molecule has 0 bridgehead atoms. The molecule has 1 heterocycles. The van der Waals surface area contributed by atoms with Gasteiger partial charge < -0.3 is 0 Å². The molecule has 0 aliphatic carbocycles. The van der Waals surface area contributed by atoms with Gasteiger partial charge in [-0.2, -0.15) is 0 Å². The molecule has 0 N–H and O–H groups in total. The van der Waals surface area contributed by atoms with Crippen molar-refractivity contribution in [2.45, 2.75) is 0 Å². The van der Waals surface area contributed by atoms with Crippen molar-refractivity contribution in [3.05, 3.63) is 36.7 Å². The largest absolute Gasteiger partial charge is 0.256 e. The highest BCUT2D eigenvalue weighted by Gasteiger charge is 2.10. The highest BCUT2D eigenvalue weighted by Crippen LogP contribution is 2.13. The first-order chi connectivity index (χ1) is 5.52. The van der Waals surface area contributed by atoms with Crippen molar-refractivity contribution in [2.75, 3.05) is 6.26 Å². The Morgan fingerprint density at radius 1 is 1.50 bits per heavy atom. The van der Waals surface area contributed by atoms with Crippen molar-refractivity contribution in [3.63, 3.8) is 0 Å². The molecule has 0 aliphatic rings. The number of aromatic nitrogens is 1. The van der Waals surface area contributed by atoms with E-state index in [-0.39, 0.29) is 4.91 Å². The van der Waals surface area contributed by atoms with E-state index in [9.17, 15) is 8.42 Å². The van der Waals surface area contributed by atoms with Gasteiger partial charge in [0.1, 0.15) is 0 Å². The lowest BCUT2D eigenvalue weighted by atomic mass is 10.3. The van der Waals surface area contributed by atoms with E-state index in [2.05, 4.69) is 11.6 Å². The molecule has 3 nitrogen and oxygen atoms in total. The first-order valence-electron chi connectivity index (χ1n) is 3.32. The minimum atomic E-state index is -3.21. The quantitative estimate of drug-likeness (QED) is 0.689. The zero-order valence-electron chi connectivity index (χ0n) is 6.69. The summed E-state index contributed by atoms with van der Waals surface area (Å²) in [5.74, 6) is 0. The third kappa shape index (κ3) is 1.92. The maximum Gasteiger partial charge on any atom is 0.177 e. The molecule has 0 saturated carbocycles. The van der Waals surface area contributed by atoms with Crippen molar-refractivity contribution in [1.29, 1.82) is 0 Å². The Kier molecular flexibility index (Phi) is 2.28. The molecule has 1 aromatic heterocycles. The highest BCUT2D eigenvalue weighted by atomic mass is 32.2. The summed E-state index contributed by atoms with van der Waals surface area (Å²) in [5.41, 5.74) is 0.403. The molecule has 12 heavy (non-hydrogen) atoms. The SMILES string of the molecule is C=C(c1ccccn1)S(C)(=O)=O. The molecular formula is C8H9NO2S. The molecule has 1 rings (SSSR count). The fourth-order valence-electron chi connectivity index (χ4n) is 0.718. The van der Waals surface area contributed by atoms with E-state index in [1.165, 1.54) is 6.20 Å². The number of rotatable bonds is 2. The van der Waals surface area contributed by atoms with E-state index in [1.807, 2.05) is 0 Å². The van der Waals surface area contributed by atoms with Crippen LogP contribution >= 0.6 is 0 Å². The van der Waals surface area contributed by atoms with Crippen molar-refractivity contribution in [3.8, 4) is 0 Å². The second kappa shape index (κ2) is 3.06. The summed E-state index contributed by atoms with van der Waals surface area (Å²) >= 11 is 0. The van der Waals surface area contributed by atoms with E-state index >= 15 is 0 Å². The van der Waals surface area contributed by atoms with Crippen LogP contribution in [0.15, 0.2) is 31.0 Å². The Labute approximate surface area is 71.7 Å². The van der Waals surface area contributed by atoms with Crippen molar-refractivity contribution in [2.24, 2.45) is 0 Å². The summed E-state index contributed by atoms with van der Waals surface area (Å²) in [6, 6.07) is 5.06. The maximum absolute atomic E-state index is 11.0. The standard InChI is InChI=1S/C8H9NO2S/c1-7(12(2,10)11)8-5-3-4-6-9-8/h3-6H,1H2,2H3. The first kappa shape index (κ1) is 8.93. The number of sulfone groups is 1. The topological polar surface area (TPSA) is 47.0 Å². The Balaban J connectivity index is 3.11. The van der Waals surface area contributed by atoms with Gasteiger partial charge in [-0.15, -0.1) is 0 Å². The molecule has 1 aromatic rings. The van der Waals surface area contributed by atoms with Crippen LogP contribution in [0.4, 0.5) is 0 Å². The number of hydrogen-bond acceptors (Lipinski definition) is 3. The minimum Gasteiger partial charge on any atom is -0.256 e. The third-order valence-corrected chi connectivity index (χ3v) is 2.50. The van der Waals surface area contributed by atoms with Crippen LogP contribution < -0.4 is 0 Å². The third-order valence-electron chi connectivity index (χ3n) is 1.40. The Morgan fingerprint density at radius 2 is 2.17 bits per heavy atom. The van der Waals surface area contributed by atoms with Gasteiger partial charge in [-0.3, -0.25) is 4.98 Å². The molecular weight excluding hydrogens is 174 g/mol. The Hall–Kier alpha value is -1.16. The van der Waals surface area contributed by atoms with Gasteiger partial charge in [0, 0.05) is 12.5 Å². The normalized spacial score (nSPS) is 11.1. The molecule has 0 saturated heterocycles. The molecule has 0 spiro atoms. The zero-order valence-corrected chi connectivity index (χ0v) is 7.50. The van der Waals surface area contributed by atoms with E-state index in [1.54, 1.807) is 18.2 Å². The van der Waals surface area contributed by atoms with Gasteiger partial charge in [0.05, 0.1) is 10.6 Å². The van der Waals surface area contributed by atoms with Crippen LogP contribution in [0.3, 0.4) is 0 Å². The molecule has 0 radical (unpaired) electrons. The van der Waals surface area contributed by atoms with Gasteiger partial charge in [0.25, 0.3) is 0 Å². The van der Waals surface area contributed by atoms with E-state index in [0.29, 0.717) is 5.69 Å². The summed E-state index contributed by atoms with van der Waals surface area (Å²) < 4.78 is 22.0. The van der Waals surface area contributed by atoms with Gasteiger partial charge >= 0.3 is 0 Å². The monoisotopic (exact) mass is 183 g/mol. The summed E-state index contributed by atoms with van der Waals surface area (Å²) in [7, 11) is -3.21. The minimum absolute atomic E-state index is 0.0584. The average Bonchev–Trinajstić information content (AvgIpc) is 2.03. The van der Waals surface area contributed by atoms with Gasteiger partial charge in [0.15, 0.2) is 9.84 Å².